The molecule has 1 aromatic carbocycles. The van der Waals surface area contributed by atoms with Crippen LogP contribution in [0.5, 0.6) is 11.5 Å². The molecular formula is C25H29Cl2N5O4. The molecule has 2 aliphatic heterocycles. The summed E-state index contributed by atoms with van der Waals surface area (Å²) in [6.45, 7) is 3.59. The van der Waals surface area contributed by atoms with E-state index in [4.69, 9.17) is 43.8 Å². The molecule has 0 spiro atoms. The highest BCUT2D eigenvalue weighted by atomic mass is 35.5. The Morgan fingerprint density at radius 1 is 1.25 bits per heavy atom. The molecule has 0 radical (unpaired) electrons. The third-order valence-corrected chi connectivity index (χ3v) is 7.07. The number of piperazine rings is 1. The number of ether oxygens (including phenoxy) is 2. The van der Waals surface area contributed by atoms with E-state index in [9.17, 15) is 9.59 Å². The zero-order valence-corrected chi connectivity index (χ0v) is 22.2. The summed E-state index contributed by atoms with van der Waals surface area (Å²) in [4.78, 5) is 31.1. The minimum atomic E-state index is -0.451. The number of carbonyl (C=O) groups excluding carboxylic acids is 2. The summed E-state index contributed by atoms with van der Waals surface area (Å²) in [6, 6.07) is 1.52. The Labute approximate surface area is 220 Å². The van der Waals surface area contributed by atoms with Gasteiger partial charge in [-0.15, -0.1) is 0 Å². The molecule has 1 unspecified atom stereocenters. The Morgan fingerprint density at radius 2 is 1.89 bits per heavy atom. The monoisotopic (exact) mass is 533 g/mol. The molecule has 0 aliphatic carbocycles. The Hall–Kier alpha value is -3.19. The van der Waals surface area contributed by atoms with E-state index in [0.29, 0.717) is 31.6 Å². The SMILES string of the molecule is CC#CC(=O)N1CCN(C)C(CCN2C(=N)/C(=C\N)C=C(c3c(Cl)c(OC)cc(OC)c3Cl)C2=O)C1. The molecule has 9 nitrogen and oxygen atoms in total. The molecule has 192 valence electrons. The summed E-state index contributed by atoms with van der Waals surface area (Å²) < 4.78 is 10.7. The summed E-state index contributed by atoms with van der Waals surface area (Å²) in [7, 11) is 4.87. The van der Waals surface area contributed by atoms with Crippen LogP contribution in [-0.2, 0) is 9.59 Å². The second-order valence-corrected chi connectivity index (χ2v) is 9.07. The molecule has 1 atom stereocenters. The zero-order valence-electron chi connectivity index (χ0n) is 20.7. The maximum Gasteiger partial charge on any atom is 0.298 e. The lowest BCUT2D eigenvalue weighted by Gasteiger charge is -2.40. The predicted molar refractivity (Wildman–Crippen MR) is 140 cm³/mol. The molecule has 3 rings (SSSR count). The number of benzene rings is 1. The highest BCUT2D eigenvalue weighted by Crippen LogP contribution is 2.45. The Kier molecular flexibility index (Phi) is 8.90. The summed E-state index contributed by atoms with van der Waals surface area (Å²) in [6.07, 6.45) is 3.27. The first-order valence-electron chi connectivity index (χ1n) is 11.2. The van der Waals surface area contributed by atoms with Crippen molar-refractivity contribution in [3.05, 3.63) is 39.5 Å². The topological polar surface area (TPSA) is 112 Å². The molecule has 36 heavy (non-hydrogen) atoms. The van der Waals surface area contributed by atoms with E-state index in [1.54, 1.807) is 11.8 Å². The number of rotatable bonds is 6. The Morgan fingerprint density at radius 3 is 2.44 bits per heavy atom. The van der Waals surface area contributed by atoms with Crippen LogP contribution in [0.2, 0.25) is 10.0 Å². The van der Waals surface area contributed by atoms with Gasteiger partial charge in [0.05, 0.1) is 29.8 Å². The van der Waals surface area contributed by atoms with Gasteiger partial charge >= 0.3 is 0 Å². The first kappa shape index (κ1) is 27.4. The number of hydrogen-bond donors (Lipinski definition) is 2. The molecule has 1 aromatic rings. The number of nitrogens with zero attached hydrogens (tertiary/aromatic N) is 3. The summed E-state index contributed by atoms with van der Waals surface area (Å²) in [5.41, 5.74) is 6.55. The summed E-state index contributed by atoms with van der Waals surface area (Å²) in [5, 5.41) is 8.87. The second-order valence-electron chi connectivity index (χ2n) is 8.32. The van der Waals surface area contributed by atoms with Gasteiger partial charge in [-0.05, 0) is 32.4 Å². The van der Waals surface area contributed by atoms with Crippen molar-refractivity contribution in [2.45, 2.75) is 19.4 Å². The number of halogens is 2. The highest BCUT2D eigenvalue weighted by Gasteiger charge is 2.35. The first-order valence-corrected chi connectivity index (χ1v) is 12.0. The van der Waals surface area contributed by atoms with Crippen LogP contribution >= 0.6 is 23.2 Å². The zero-order chi connectivity index (χ0) is 26.6. The number of amides is 2. The van der Waals surface area contributed by atoms with E-state index in [1.165, 1.54) is 37.5 Å². The average Bonchev–Trinajstić information content (AvgIpc) is 2.86. The molecule has 2 amide bonds. The first-order chi connectivity index (χ1) is 17.2. The molecule has 3 N–H and O–H groups in total. The van der Waals surface area contributed by atoms with Crippen LogP contribution < -0.4 is 15.2 Å². The van der Waals surface area contributed by atoms with Crippen molar-refractivity contribution < 1.29 is 19.1 Å². The third kappa shape index (κ3) is 5.31. The fourth-order valence-electron chi connectivity index (χ4n) is 4.24. The second kappa shape index (κ2) is 11.7. The van der Waals surface area contributed by atoms with Crippen LogP contribution in [0, 0.1) is 17.3 Å². The highest BCUT2D eigenvalue weighted by molar-refractivity contribution is 6.43. The van der Waals surface area contributed by atoms with Crippen molar-refractivity contribution in [1.82, 2.24) is 14.7 Å². The maximum atomic E-state index is 13.7. The van der Waals surface area contributed by atoms with E-state index in [1.807, 2.05) is 7.05 Å². The van der Waals surface area contributed by atoms with E-state index >= 15 is 0 Å². The lowest BCUT2D eigenvalue weighted by Crippen LogP contribution is -2.54. The molecule has 2 aliphatic rings. The van der Waals surface area contributed by atoms with E-state index in [2.05, 4.69) is 16.7 Å². The van der Waals surface area contributed by atoms with Gasteiger partial charge in [0.2, 0.25) is 0 Å². The van der Waals surface area contributed by atoms with Gasteiger partial charge in [-0.2, -0.15) is 0 Å². The number of hydrogen-bond acceptors (Lipinski definition) is 7. The smallest absolute Gasteiger partial charge is 0.298 e. The van der Waals surface area contributed by atoms with Crippen molar-refractivity contribution in [3.8, 4) is 23.3 Å². The van der Waals surface area contributed by atoms with Crippen molar-refractivity contribution in [3.63, 3.8) is 0 Å². The number of likely N-dealkylation sites (N-methyl/N-ethyl adjacent to an activating group) is 1. The number of nitrogens with one attached hydrogen (secondary N) is 1. The van der Waals surface area contributed by atoms with Crippen LogP contribution in [0.4, 0.5) is 0 Å². The largest absolute Gasteiger partial charge is 0.495 e. The fraction of sp³-hybridized carbons (Fsp3) is 0.400. The fourth-order valence-corrected chi connectivity index (χ4v) is 4.94. The predicted octanol–water partition coefficient (Wildman–Crippen LogP) is 2.61. The van der Waals surface area contributed by atoms with Gasteiger partial charge in [-0.1, -0.05) is 29.1 Å². The summed E-state index contributed by atoms with van der Waals surface area (Å²) >= 11 is 13.1. The minimum Gasteiger partial charge on any atom is -0.495 e. The quantitative estimate of drug-likeness (QED) is 0.543. The van der Waals surface area contributed by atoms with E-state index in [-0.39, 0.29) is 57.0 Å². The van der Waals surface area contributed by atoms with Crippen molar-refractivity contribution in [2.75, 3.05) is 47.4 Å². The third-order valence-electron chi connectivity index (χ3n) is 6.32. The normalized spacial score (nSPS) is 19.7. The van der Waals surface area contributed by atoms with Crippen molar-refractivity contribution in [2.24, 2.45) is 5.73 Å². The van der Waals surface area contributed by atoms with Gasteiger partial charge in [0.15, 0.2) is 0 Å². The molecule has 0 bridgehead atoms. The van der Waals surface area contributed by atoms with Gasteiger partial charge in [0.25, 0.3) is 11.8 Å². The molecule has 0 aromatic heterocycles. The van der Waals surface area contributed by atoms with E-state index in [0.717, 1.165) is 0 Å². The number of carbonyl (C=O) groups is 2. The molecular weight excluding hydrogens is 505 g/mol. The number of nitrogens with two attached hydrogens (primary N) is 1. The number of methoxy groups -OCH3 is 2. The molecule has 11 heteroatoms. The van der Waals surface area contributed by atoms with Crippen molar-refractivity contribution >= 4 is 46.4 Å². The average molecular weight is 534 g/mol. The van der Waals surface area contributed by atoms with Gasteiger partial charge in [0.1, 0.15) is 17.3 Å². The van der Waals surface area contributed by atoms with Gasteiger partial charge in [0, 0.05) is 55.6 Å². The maximum absolute atomic E-state index is 13.7. The lowest BCUT2D eigenvalue weighted by molar-refractivity contribution is -0.128. The van der Waals surface area contributed by atoms with Crippen LogP contribution in [0.1, 0.15) is 18.9 Å². The molecule has 0 saturated carbocycles. The molecule has 1 saturated heterocycles. The van der Waals surface area contributed by atoms with E-state index < -0.39 is 5.91 Å². The summed E-state index contributed by atoms with van der Waals surface area (Å²) in [5.74, 6) is 5.10. The Balaban J connectivity index is 1.92. The minimum absolute atomic E-state index is 0.0225. The van der Waals surface area contributed by atoms with Gasteiger partial charge < -0.3 is 20.1 Å². The molecule has 1 fully saturated rings. The van der Waals surface area contributed by atoms with Crippen LogP contribution in [0.25, 0.3) is 5.57 Å². The van der Waals surface area contributed by atoms with Crippen LogP contribution in [0.15, 0.2) is 23.9 Å². The Bertz CT molecular complexity index is 1170. The van der Waals surface area contributed by atoms with Gasteiger partial charge in [-0.3, -0.25) is 24.8 Å². The lowest BCUT2D eigenvalue weighted by atomic mass is 9.95. The van der Waals surface area contributed by atoms with Crippen molar-refractivity contribution in [1.29, 1.82) is 5.41 Å². The molecule has 2 heterocycles. The number of amidine groups is 1. The standard InChI is InChI=1S/C25H29Cl2N5O4/c1-5-6-20(33)31-10-9-30(2)16(14-31)7-8-32-24(29)15(13-28)11-17(25(32)34)21-22(26)18(35-3)12-19(36-4)23(21)27/h11-13,16,29H,7-10,14,28H2,1-4H3/b15-13-,29-24?. The van der Waals surface area contributed by atoms with Crippen LogP contribution in [0.3, 0.4) is 0 Å². The van der Waals surface area contributed by atoms with Crippen LogP contribution in [-0.4, -0.2) is 85.8 Å². The van der Waals surface area contributed by atoms with Gasteiger partial charge in [-0.25, -0.2) is 0 Å².